The van der Waals surface area contributed by atoms with Crippen LogP contribution < -0.4 is 5.32 Å². The van der Waals surface area contributed by atoms with Crippen molar-refractivity contribution >= 4 is 17.4 Å². The summed E-state index contributed by atoms with van der Waals surface area (Å²) in [6.45, 7) is 10.3. The molecule has 1 unspecified atom stereocenters. The second-order valence-corrected chi connectivity index (χ2v) is 8.05. The maximum Gasteiger partial charge on any atom is 0.317 e. The average Bonchev–Trinajstić information content (AvgIpc) is 2.96. The number of hydrogen-bond donors (Lipinski definition) is 1. The molecule has 1 N–H and O–H groups in total. The number of rotatable bonds is 4. The Bertz CT molecular complexity index is 492. The van der Waals surface area contributed by atoms with Gasteiger partial charge in [0.25, 0.3) is 0 Å². The predicted octanol–water partition coefficient (Wildman–Crippen LogP) is 3.96. The van der Waals surface area contributed by atoms with E-state index in [1.807, 2.05) is 4.90 Å². The minimum atomic E-state index is 0.0964. The topological polar surface area (TPSA) is 45.2 Å². The minimum Gasteiger partial charge on any atom is -0.338 e. The molecular formula is C17H29N3OS. The molecule has 1 atom stereocenters. The maximum absolute atomic E-state index is 12.3. The van der Waals surface area contributed by atoms with Gasteiger partial charge in [-0.2, -0.15) is 0 Å². The van der Waals surface area contributed by atoms with Gasteiger partial charge in [0.2, 0.25) is 0 Å². The second-order valence-electron chi connectivity index (χ2n) is 7.11. The third-order valence-corrected chi connectivity index (χ3v) is 5.20. The predicted molar refractivity (Wildman–Crippen MR) is 92.6 cm³/mol. The first-order valence-corrected chi connectivity index (χ1v) is 9.29. The van der Waals surface area contributed by atoms with Crippen LogP contribution in [0.15, 0.2) is 5.38 Å². The normalized spacial score (nSPS) is 19.3. The van der Waals surface area contributed by atoms with Crippen LogP contribution in [0, 0.1) is 0 Å². The summed E-state index contributed by atoms with van der Waals surface area (Å²) < 4.78 is 0. The summed E-state index contributed by atoms with van der Waals surface area (Å²) >= 11 is 1.69. The zero-order chi connectivity index (χ0) is 16.2. The van der Waals surface area contributed by atoms with Crippen molar-refractivity contribution in [2.24, 2.45) is 0 Å². The van der Waals surface area contributed by atoms with Crippen molar-refractivity contribution in [3.63, 3.8) is 0 Å². The van der Waals surface area contributed by atoms with Crippen molar-refractivity contribution in [3.05, 3.63) is 16.1 Å². The van der Waals surface area contributed by atoms with Gasteiger partial charge in [0.15, 0.2) is 0 Å². The van der Waals surface area contributed by atoms with Crippen LogP contribution in [0.1, 0.15) is 64.1 Å². The molecule has 2 rings (SSSR count). The molecule has 0 aromatic carbocycles. The largest absolute Gasteiger partial charge is 0.338 e. The molecule has 1 aromatic heterocycles. The maximum atomic E-state index is 12.3. The summed E-state index contributed by atoms with van der Waals surface area (Å²) in [5.41, 5.74) is 1.24. The van der Waals surface area contributed by atoms with Gasteiger partial charge in [-0.25, -0.2) is 9.78 Å². The van der Waals surface area contributed by atoms with Gasteiger partial charge in [0, 0.05) is 36.3 Å². The number of thiazole rings is 1. The second kappa shape index (κ2) is 7.44. The van der Waals surface area contributed by atoms with Gasteiger partial charge in [-0.15, -0.1) is 11.3 Å². The molecule has 0 saturated carbocycles. The Morgan fingerprint density at radius 3 is 2.86 bits per heavy atom. The third kappa shape index (κ3) is 4.45. The number of nitrogens with zero attached hydrogens (tertiary/aromatic N) is 2. The molecule has 1 aliphatic heterocycles. The van der Waals surface area contributed by atoms with E-state index in [0.717, 1.165) is 42.9 Å². The Labute approximate surface area is 138 Å². The van der Waals surface area contributed by atoms with E-state index in [-0.39, 0.29) is 11.4 Å². The van der Waals surface area contributed by atoms with Gasteiger partial charge in [0.1, 0.15) is 0 Å². The summed E-state index contributed by atoms with van der Waals surface area (Å²) in [6.07, 6.45) is 5.39. The first-order chi connectivity index (χ1) is 10.4. The van der Waals surface area contributed by atoms with E-state index in [1.165, 1.54) is 6.42 Å². The van der Waals surface area contributed by atoms with Crippen LogP contribution in [-0.2, 0) is 11.8 Å². The number of urea groups is 1. The molecule has 0 bridgehead atoms. The van der Waals surface area contributed by atoms with Crippen molar-refractivity contribution in [1.29, 1.82) is 0 Å². The molecule has 4 nitrogen and oxygen atoms in total. The van der Waals surface area contributed by atoms with Crippen LogP contribution in [0.25, 0.3) is 0 Å². The third-order valence-electron chi connectivity index (χ3n) is 4.29. The molecule has 22 heavy (non-hydrogen) atoms. The first kappa shape index (κ1) is 17.3. The Morgan fingerprint density at radius 1 is 1.45 bits per heavy atom. The lowest BCUT2D eigenvalue weighted by atomic mass is 9.93. The van der Waals surface area contributed by atoms with E-state index >= 15 is 0 Å². The number of carbonyl (C=O) groups excluding carboxylic acids is 1. The molecular weight excluding hydrogens is 294 g/mol. The molecule has 1 aromatic rings. The van der Waals surface area contributed by atoms with Crippen LogP contribution in [0.3, 0.4) is 0 Å². The van der Waals surface area contributed by atoms with Gasteiger partial charge < -0.3 is 10.2 Å². The van der Waals surface area contributed by atoms with E-state index in [2.05, 4.69) is 43.4 Å². The summed E-state index contributed by atoms with van der Waals surface area (Å²) in [5, 5.41) is 6.31. The van der Waals surface area contributed by atoms with Crippen LogP contribution in [0.4, 0.5) is 4.79 Å². The number of nitrogens with one attached hydrogen (secondary N) is 1. The Kier molecular flexibility index (Phi) is 5.84. The number of carbonyl (C=O) groups is 1. The molecule has 0 aliphatic carbocycles. The summed E-state index contributed by atoms with van der Waals surface area (Å²) in [5.74, 6) is 0. The van der Waals surface area contributed by atoms with Gasteiger partial charge >= 0.3 is 6.03 Å². The van der Waals surface area contributed by atoms with E-state index in [0.29, 0.717) is 12.6 Å². The van der Waals surface area contributed by atoms with Crippen molar-refractivity contribution in [2.45, 2.75) is 71.3 Å². The average molecular weight is 324 g/mol. The molecule has 1 saturated heterocycles. The van der Waals surface area contributed by atoms with Crippen LogP contribution in [0.5, 0.6) is 0 Å². The van der Waals surface area contributed by atoms with Gasteiger partial charge in [0.05, 0.1) is 10.7 Å². The van der Waals surface area contributed by atoms with E-state index in [4.69, 9.17) is 0 Å². The van der Waals surface area contributed by atoms with Crippen LogP contribution >= 0.6 is 11.3 Å². The van der Waals surface area contributed by atoms with E-state index in [9.17, 15) is 4.79 Å². The lowest BCUT2D eigenvalue weighted by Crippen LogP contribution is -2.48. The number of amides is 2. The molecule has 124 valence electrons. The number of likely N-dealkylation sites (tertiary alicyclic amines) is 1. The highest BCUT2D eigenvalue weighted by Crippen LogP contribution is 2.24. The smallest absolute Gasteiger partial charge is 0.317 e. The highest BCUT2D eigenvalue weighted by Gasteiger charge is 2.25. The number of aromatic nitrogens is 1. The number of hydrogen-bond acceptors (Lipinski definition) is 3. The van der Waals surface area contributed by atoms with Crippen molar-refractivity contribution in [3.8, 4) is 0 Å². The van der Waals surface area contributed by atoms with Crippen molar-refractivity contribution < 1.29 is 4.79 Å². The van der Waals surface area contributed by atoms with Gasteiger partial charge in [-0.1, -0.05) is 27.7 Å². The fourth-order valence-electron chi connectivity index (χ4n) is 2.84. The first-order valence-electron chi connectivity index (χ1n) is 8.41. The van der Waals surface area contributed by atoms with Crippen molar-refractivity contribution in [2.75, 3.05) is 13.1 Å². The van der Waals surface area contributed by atoms with Crippen molar-refractivity contribution in [1.82, 2.24) is 15.2 Å². The Balaban J connectivity index is 1.80. The lowest BCUT2D eigenvalue weighted by Gasteiger charge is -2.35. The van der Waals surface area contributed by atoms with Gasteiger partial charge in [-0.3, -0.25) is 0 Å². The summed E-state index contributed by atoms with van der Waals surface area (Å²) in [4.78, 5) is 19.0. The Morgan fingerprint density at radius 2 is 2.23 bits per heavy atom. The fraction of sp³-hybridized carbons (Fsp3) is 0.765. The van der Waals surface area contributed by atoms with E-state index in [1.54, 1.807) is 11.3 Å². The fourth-order valence-corrected chi connectivity index (χ4v) is 3.87. The molecule has 1 aliphatic rings. The quantitative estimate of drug-likeness (QED) is 0.911. The zero-order valence-corrected chi connectivity index (χ0v) is 15.1. The SMILES string of the molecule is CCC1CCCCN1C(=O)NCCc1nc(C(C)(C)C)cs1. The Hall–Kier alpha value is -1.10. The van der Waals surface area contributed by atoms with E-state index < -0.39 is 0 Å². The van der Waals surface area contributed by atoms with Crippen LogP contribution in [0.2, 0.25) is 0 Å². The summed E-state index contributed by atoms with van der Waals surface area (Å²) in [6, 6.07) is 0.514. The van der Waals surface area contributed by atoms with Crippen LogP contribution in [-0.4, -0.2) is 35.0 Å². The standard InChI is InChI=1S/C17H29N3OS/c1-5-13-8-6-7-11-20(13)16(21)18-10-9-15-19-14(12-22-15)17(2,3)4/h12-13H,5-11H2,1-4H3,(H,18,21). The molecule has 0 spiro atoms. The molecule has 0 radical (unpaired) electrons. The monoisotopic (exact) mass is 323 g/mol. The molecule has 2 heterocycles. The highest BCUT2D eigenvalue weighted by molar-refractivity contribution is 7.09. The molecule has 5 heteroatoms. The molecule has 2 amide bonds. The van der Waals surface area contributed by atoms with Gasteiger partial charge in [-0.05, 0) is 25.7 Å². The summed E-state index contributed by atoms with van der Waals surface area (Å²) in [7, 11) is 0. The highest BCUT2D eigenvalue weighted by atomic mass is 32.1. The lowest BCUT2D eigenvalue weighted by molar-refractivity contribution is 0.149. The zero-order valence-electron chi connectivity index (χ0n) is 14.3. The minimum absolute atomic E-state index is 0.0964. The number of piperidine rings is 1. The molecule has 1 fully saturated rings.